The zero-order chi connectivity index (χ0) is 21.5. The zero-order valence-electron chi connectivity index (χ0n) is 18.5. The number of nitrogens with one attached hydrogen (secondary N) is 1. The van der Waals surface area contributed by atoms with Gasteiger partial charge in [-0.05, 0) is 84.7 Å². The predicted octanol–water partition coefficient (Wildman–Crippen LogP) is 5.88. The molecule has 0 unspecified atom stereocenters. The minimum absolute atomic E-state index is 0.140. The number of hydrogen-bond donors (Lipinski definition) is 1. The highest BCUT2D eigenvalue weighted by molar-refractivity contribution is 7.10. The molecule has 164 valence electrons. The summed E-state index contributed by atoms with van der Waals surface area (Å²) < 4.78 is 0. The molecule has 6 rings (SSSR count). The van der Waals surface area contributed by atoms with Gasteiger partial charge in [-0.1, -0.05) is 36.4 Å². The summed E-state index contributed by atoms with van der Waals surface area (Å²) in [6.45, 7) is 1.99. The van der Waals surface area contributed by atoms with Gasteiger partial charge in [0.2, 0.25) is 0 Å². The number of H-pyrrole nitrogens is 1. The minimum Gasteiger partial charge on any atom is -0.358 e. The second-order valence-corrected chi connectivity index (χ2v) is 10.7. The Hall–Kier alpha value is -2.59. The number of hydrogen-bond acceptors (Lipinski definition) is 3. The molecule has 1 aliphatic heterocycles. The molecule has 3 nitrogen and oxygen atoms in total. The summed E-state index contributed by atoms with van der Waals surface area (Å²) in [6.07, 6.45) is 11.3. The van der Waals surface area contributed by atoms with Crippen molar-refractivity contribution in [1.29, 1.82) is 0 Å². The molecule has 4 heteroatoms. The van der Waals surface area contributed by atoms with Crippen LogP contribution in [0.1, 0.15) is 59.2 Å². The normalized spacial score (nSPS) is 19.4. The smallest absolute Gasteiger partial charge is 0.252 e. The summed E-state index contributed by atoms with van der Waals surface area (Å²) in [7, 11) is 0. The summed E-state index contributed by atoms with van der Waals surface area (Å²) in [4.78, 5) is 19.7. The van der Waals surface area contributed by atoms with E-state index in [1.165, 1.54) is 33.6 Å². The van der Waals surface area contributed by atoms with Gasteiger partial charge in [-0.2, -0.15) is 0 Å². The number of anilines is 1. The molecule has 0 amide bonds. The third-order valence-corrected chi connectivity index (χ3v) is 8.80. The van der Waals surface area contributed by atoms with Gasteiger partial charge in [0.15, 0.2) is 0 Å². The summed E-state index contributed by atoms with van der Waals surface area (Å²) in [5.41, 5.74) is 7.13. The number of piperidine rings is 1. The molecule has 0 saturated carbocycles. The largest absolute Gasteiger partial charge is 0.358 e. The van der Waals surface area contributed by atoms with Crippen LogP contribution in [0.15, 0.2) is 58.7 Å². The third-order valence-electron chi connectivity index (χ3n) is 7.93. The van der Waals surface area contributed by atoms with Crippen molar-refractivity contribution in [1.82, 2.24) is 4.98 Å². The van der Waals surface area contributed by atoms with E-state index in [4.69, 9.17) is 0 Å². The Morgan fingerprint density at radius 1 is 1.03 bits per heavy atom. The van der Waals surface area contributed by atoms with Crippen LogP contribution in [0, 0.1) is 0 Å². The average molecular weight is 443 g/mol. The number of pyridine rings is 1. The molecule has 0 radical (unpaired) electrons. The predicted molar refractivity (Wildman–Crippen MR) is 134 cm³/mol. The first-order valence-electron chi connectivity index (χ1n) is 12.0. The fraction of sp³-hybridized carbons (Fsp3) is 0.393. The Balaban J connectivity index is 1.25. The lowest BCUT2D eigenvalue weighted by Crippen LogP contribution is -2.44. The molecule has 1 aromatic carbocycles. The highest BCUT2D eigenvalue weighted by Crippen LogP contribution is 2.47. The van der Waals surface area contributed by atoms with Crippen LogP contribution in [0.25, 0.3) is 5.57 Å². The van der Waals surface area contributed by atoms with E-state index in [2.05, 4.69) is 63.8 Å². The van der Waals surface area contributed by atoms with Gasteiger partial charge in [0, 0.05) is 35.4 Å². The monoisotopic (exact) mass is 442 g/mol. The first kappa shape index (κ1) is 20.0. The average Bonchev–Trinajstić information content (AvgIpc) is 3.35. The number of nitrogens with zero attached hydrogens (tertiary/aromatic N) is 1. The van der Waals surface area contributed by atoms with Crippen LogP contribution in [0.5, 0.6) is 0 Å². The Morgan fingerprint density at radius 2 is 1.88 bits per heavy atom. The molecular formula is C28H30N2OS. The number of aromatic nitrogens is 1. The Labute approximate surface area is 193 Å². The third kappa shape index (κ3) is 3.45. The molecule has 1 saturated heterocycles. The van der Waals surface area contributed by atoms with E-state index >= 15 is 0 Å². The van der Waals surface area contributed by atoms with Crippen molar-refractivity contribution in [3.63, 3.8) is 0 Å². The van der Waals surface area contributed by atoms with Crippen molar-refractivity contribution in [2.75, 3.05) is 18.0 Å². The van der Waals surface area contributed by atoms with Crippen molar-refractivity contribution in [3.8, 4) is 0 Å². The number of aryl methyl sites for hydroxylation is 1. The number of allylic oxidation sites excluding steroid dienone is 2. The van der Waals surface area contributed by atoms with Gasteiger partial charge >= 0.3 is 0 Å². The molecule has 1 spiro atoms. The van der Waals surface area contributed by atoms with E-state index in [0.29, 0.717) is 0 Å². The van der Waals surface area contributed by atoms with E-state index < -0.39 is 0 Å². The lowest BCUT2D eigenvalue weighted by atomic mass is 9.65. The molecule has 1 N–H and O–H groups in total. The molecule has 1 fully saturated rings. The first-order valence-corrected chi connectivity index (χ1v) is 12.9. The molecule has 3 heterocycles. The SMILES string of the molecule is O=c1[nH]c(N2CCC3(CC=C(Cc4cccs4)c4ccccc43)CC2)cc2c1CCCC2. The van der Waals surface area contributed by atoms with Crippen LogP contribution >= 0.6 is 11.3 Å². The second kappa shape index (κ2) is 8.08. The number of thiophene rings is 1. The fourth-order valence-electron chi connectivity index (χ4n) is 6.09. The van der Waals surface area contributed by atoms with Gasteiger partial charge in [0.1, 0.15) is 5.82 Å². The van der Waals surface area contributed by atoms with E-state index in [-0.39, 0.29) is 11.0 Å². The second-order valence-electron chi connectivity index (χ2n) is 9.70. The summed E-state index contributed by atoms with van der Waals surface area (Å²) in [5.74, 6) is 1.03. The van der Waals surface area contributed by atoms with Crippen molar-refractivity contribution < 1.29 is 0 Å². The van der Waals surface area contributed by atoms with Gasteiger partial charge in [0.05, 0.1) is 0 Å². The van der Waals surface area contributed by atoms with Gasteiger partial charge in [-0.15, -0.1) is 11.3 Å². The number of aromatic amines is 1. The van der Waals surface area contributed by atoms with Gasteiger partial charge in [0.25, 0.3) is 5.56 Å². The lowest BCUT2D eigenvalue weighted by molar-refractivity contribution is 0.329. The topological polar surface area (TPSA) is 36.1 Å². The van der Waals surface area contributed by atoms with E-state index in [9.17, 15) is 4.79 Å². The van der Waals surface area contributed by atoms with Crippen molar-refractivity contribution in [2.24, 2.45) is 0 Å². The van der Waals surface area contributed by atoms with Crippen molar-refractivity contribution in [2.45, 2.75) is 56.8 Å². The molecule has 32 heavy (non-hydrogen) atoms. The van der Waals surface area contributed by atoms with Gasteiger partial charge in [-0.3, -0.25) is 4.79 Å². The number of rotatable bonds is 3. The maximum Gasteiger partial charge on any atom is 0.252 e. The highest BCUT2D eigenvalue weighted by atomic mass is 32.1. The van der Waals surface area contributed by atoms with E-state index in [0.717, 1.165) is 69.4 Å². The quantitative estimate of drug-likeness (QED) is 0.550. The molecule has 2 aliphatic carbocycles. The number of fused-ring (bicyclic) bond motifs is 3. The lowest BCUT2D eigenvalue weighted by Gasteiger charge is -2.45. The van der Waals surface area contributed by atoms with Crippen LogP contribution in [0.4, 0.5) is 5.82 Å². The summed E-state index contributed by atoms with van der Waals surface area (Å²) >= 11 is 1.85. The van der Waals surface area contributed by atoms with Crippen LogP contribution in [0.3, 0.4) is 0 Å². The maximum absolute atomic E-state index is 12.7. The van der Waals surface area contributed by atoms with E-state index in [1.807, 2.05) is 11.3 Å². The standard InChI is InChI=1S/C28H30N2OS/c31-27-24-9-2-1-6-20(24)19-26(29-27)30-15-13-28(14-16-30)12-11-21(18-22-7-5-17-32-22)23-8-3-4-10-25(23)28/h3-5,7-8,10-11,17,19H,1-2,6,9,12-16,18H2,(H,29,31). The fourth-order valence-corrected chi connectivity index (χ4v) is 6.82. The van der Waals surface area contributed by atoms with Crippen LogP contribution in [-0.4, -0.2) is 18.1 Å². The van der Waals surface area contributed by atoms with Crippen molar-refractivity contribution >= 4 is 22.7 Å². The van der Waals surface area contributed by atoms with E-state index in [1.54, 1.807) is 0 Å². The molecule has 3 aromatic rings. The first-order chi connectivity index (χ1) is 15.7. The van der Waals surface area contributed by atoms with Crippen LogP contribution < -0.4 is 10.5 Å². The molecule has 0 bridgehead atoms. The molecule has 2 aromatic heterocycles. The van der Waals surface area contributed by atoms with Crippen LogP contribution in [-0.2, 0) is 24.7 Å². The molecule has 0 atom stereocenters. The van der Waals surface area contributed by atoms with Crippen LogP contribution in [0.2, 0.25) is 0 Å². The highest BCUT2D eigenvalue weighted by Gasteiger charge is 2.39. The Morgan fingerprint density at radius 3 is 2.72 bits per heavy atom. The zero-order valence-corrected chi connectivity index (χ0v) is 19.3. The molecule has 3 aliphatic rings. The maximum atomic E-state index is 12.7. The molecular weight excluding hydrogens is 412 g/mol. The minimum atomic E-state index is 0.140. The summed E-state index contributed by atoms with van der Waals surface area (Å²) in [5, 5.41) is 2.17. The summed E-state index contributed by atoms with van der Waals surface area (Å²) in [6, 6.07) is 15.8. The van der Waals surface area contributed by atoms with Crippen molar-refractivity contribution in [3.05, 3.63) is 91.4 Å². The Bertz CT molecular complexity index is 1210. The van der Waals surface area contributed by atoms with Gasteiger partial charge in [-0.25, -0.2) is 0 Å². The number of benzene rings is 1. The van der Waals surface area contributed by atoms with Gasteiger partial charge < -0.3 is 9.88 Å². The Kier molecular flexibility index (Phi) is 5.06.